The molecule has 0 aromatic heterocycles. The number of hydrogen-bond donors (Lipinski definition) is 3. The molecule has 0 bridgehead atoms. The lowest BCUT2D eigenvalue weighted by Crippen LogP contribution is -2.36. The van der Waals surface area contributed by atoms with Crippen molar-refractivity contribution in [3.8, 4) is 0 Å². The van der Waals surface area contributed by atoms with E-state index >= 15 is 0 Å². The van der Waals surface area contributed by atoms with E-state index in [0.29, 0.717) is 0 Å². The van der Waals surface area contributed by atoms with Gasteiger partial charge in [0.05, 0.1) is 9.82 Å². The number of nitrogens with two attached hydrogens (primary N) is 1. The molecular formula is C12H18N4O4S. The Morgan fingerprint density at radius 3 is 2.62 bits per heavy atom. The number of rotatable bonds is 5. The van der Waals surface area contributed by atoms with Crippen molar-refractivity contribution in [3.05, 3.63) is 28.3 Å². The van der Waals surface area contributed by atoms with Crippen molar-refractivity contribution in [2.45, 2.75) is 37.1 Å². The predicted octanol–water partition coefficient (Wildman–Crippen LogP) is 1.35. The number of nitrogens with zero attached hydrogens (tertiary/aromatic N) is 1. The smallest absolute Gasteiger partial charge is 0.294 e. The molecule has 0 saturated heterocycles. The first kappa shape index (κ1) is 15.7. The van der Waals surface area contributed by atoms with Crippen molar-refractivity contribution >= 4 is 21.4 Å². The van der Waals surface area contributed by atoms with Gasteiger partial charge in [-0.05, 0) is 30.9 Å². The van der Waals surface area contributed by atoms with E-state index in [2.05, 4.69) is 10.1 Å². The molecule has 0 amide bonds. The van der Waals surface area contributed by atoms with Crippen LogP contribution in [0.3, 0.4) is 0 Å². The summed E-state index contributed by atoms with van der Waals surface area (Å²) < 4.78 is 27.3. The summed E-state index contributed by atoms with van der Waals surface area (Å²) in [4.78, 5) is 10.1. The van der Waals surface area contributed by atoms with Gasteiger partial charge in [0, 0.05) is 12.1 Å². The average molecular weight is 314 g/mol. The largest absolute Gasteiger partial charge is 0.318 e. The summed E-state index contributed by atoms with van der Waals surface area (Å²) in [5, 5.41) is 11.0. The molecule has 0 spiro atoms. The molecule has 9 heteroatoms. The maximum absolute atomic E-state index is 12.3. The van der Waals surface area contributed by atoms with E-state index in [-0.39, 0.29) is 28.2 Å². The number of anilines is 1. The van der Waals surface area contributed by atoms with Crippen LogP contribution in [0.15, 0.2) is 23.1 Å². The maximum atomic E-state index is 12.3. The average Bonchev–Trinajstić information content (AvgIpc) is 2.82. The van der Waals surface area contributed by atoms with Gasteiger partial charge in [-0.2, -0.15) is 0 Å². The topological polar surface area (TPSA) is 127 Å². The Hall–Kier alpha value is -1.71. The highest BCUT2D eigenvalue weighted by Crippen LogP contribution is 2.29. The molecule has 1 aromatic rings. The molecule has 4 N–H and O–H groups in total. The lowest BCUT2D eigenvalue weighted by atomic mass is 10.1. The number of hydrogen-bond acceptors (Lipinski definition) is 6. The number of nitro benzene ring substituents is 1. The number of benzene rings is 1. The van der Waals surface area contributed by atoms with Crippen molar-refractivity contribution in [1.29, 1.82) is 0 Å². The lowest BCUT2D eigenvalue weighted by Gasteiger charge is -2.17. The van der Waals surface area contributed by atoms with Gasteiger partial charge in [0.1, 0.15) is 5.69 Å². The normalized spacial score (nSPS) is 22.2. The highest BCUT2D eigenvalue weighted by molar-refractivity contribution is 7.89. The van der Waals surface area contributed by atoms with Crippen molar-refractivity contribution in [2.75, 3.05) is 5.43 Å². The van der Waals surface area contributed by atoms with Crippen LogP contribution in [0.2, 0.25) is 0 Å². The Morgan fingerprint density at radius 1 is 1.38 bits per heavy atom. The maximum Gasteiger partial charge on any atom is 0.294 e. The van der Waals surface area contributed by atoms with Crippen LogP contribution in [-0.2, 0) is 10.0 Å². The molecule has 2 rings (SSSR count). The second kappa shape index (κ2) is 5.96. The van der Waals surface area contributed by atoms with E-state index in [4.69, 9.17) is 5.84 Å². The quantitative estimate of drug-likeness (QED) is 0.427. The van der Waals surface area contributed by atoms with Crippen molar-refractivity contribution in [1.82, 2.24) is 4.72 Å². The summed E-state index contributed by atoms with van der Waals surface area (Å²) in [6.45, 7) is 1.99. The molecular weight excluding hydrogens is 296 g/mol. The number of nitrogens with one attached hydrogen (secondary N) is 2. The molecule has 1 fully saturated rings. The Balaban J connectivity index is 2.31. The van der Waals surface area contributed by atoms with E-state index in [1.807, 2.05) is 6.92 Å². The summed E-state index contributed by atoms with van der Waals surface area (Å²) in [6, 6.07) is 3.47. The minimum absolute atomic E-state index is 0.0631. The SMILES string of the molecule is CC1CCCC1NS(=O)(=O)c1ccc(NN)c([N+](=O)[O-])c1. The van der Waals surface area contributed by atoms with Crippen molar-refractivity contribution in [2.24, 2.45) is 11.8 Å². The molecule has 1 aromatic carbocycles. The lowest BCUT2D eigenvalue weighted by molar-refractivity contribution is -0.384. The zero-order valence-electron chi connectivity index (χ0n) is 11.6. The van der Waals surface area contributed by atoms with Gasteiger partial charge in [-0.3, -0.25) is 16.0 Å². The Kier molecular flexibility index (Phi) is 4.45. The number of hydrazine groups is 1. The van der Waals surface area contributed by atoms with Crippen LogP contribution in [0.25, 0.3) is 0 Å². The molecule has 2 unspecified atom stereocenters. The van der Waals surface area contributed by atoms with E-state index in [9.17, 15) is 18.5 Å². The third-order valence-corrected chi connectivity index (χ3v) is 5.29. The van der Waals surface area contributed by atoms with Gasteiger partial charge >= 0.3 is 0 Å². The van der Waals surface area contributed by atoms with Gasteiger partial charge in [-0.15, -0.1) is 0 Å². The Bertz CT molecular complexity index is 647. The number of nitrogen functional groups attached to an aromatic ring is 1. The Morgan fingerprint density at radius 2 is 2.10 bits per heavy atom. The Labute approximate surface area is 122 Å². The molecule has 0 radical (unpaired) electrons. The number of sulfonamides is 1. The van der Waals surface area contributed by atoms with E-state index in [1.54, 1.807) is 0 Å². The van der Waals surface area contributed by atoms with Crippen molar-refractivity contribution < 1.29 is 13.3 Å². The fourth-order valence-electron chi connectivity index (χ4n) is 2.54. The summed E-state index contributed by atoms with van der Waals surface area (Å²) in [5.41, 5.74) is 1.87. The van der Waals surface area contributed by atoms with Gasteiger partial charge in [-0.25, -0.2) is 13.1 Å². The van der Waals surface area contributed by atoms with E-state index in [1.165, 1.54) is 12.1 Å². The molecule has 8 nitrogen and oxygen atoms in total. The monoisotopic (exact) mass is 314 g/mol. The summed E-state index contributed by atoms with van der Waals surface area (Å²) in [5.74, 6) is 5.44. The molecule has 1 aliphatic carbocycles. The minimum Gasteiger partial charge on any atom is -0.318 e. The van der Waals surface area contributed by atoms with Gasteiger partial charge in [0.15, 0.2) is 0 Å². The van der Waals surface area contributed by atoms with Gasteiger partial charge in [-0.1, -0.05) is 13.3 Å². The van der Waals surface area contributed by atoms with Gasteiger partial charge in [0.25, 0.3) is 5.69 Å². The summed E-state index contributed by atoms with van der Waals surface area (Å²) in [7, 11) is -3.78. The van der Waals surface area contributed by atoms with Crippen molar-refractivity contribution in [3.63, 3.8) is 0 Å². The van der Waals surface area contributed by atoms with E-state index < -0.39 is 14.9 Å². The molecule has 116 valence electrons. The molecule has 0 heterocycles. The summed E-state index contributed by atoms with van der Waals surface area (Å²) in [6.07, 6.45) is 2.73. The minimum atomic E-state index is -3.78. The number of nitro groups is 1. The van der Waals surface area contributed by atoms with Crippen LogP contribution in [-0.4, -0.2) is 19.4 Å². The van der Waals surface area contributed by atoms with E-state index in [0.717, 1.165) is 25.3 Å². The fraction of sp³-hybridized carbons (Fsp3) is 0.500. The van der Waals surface area contributed by atoms with Crippen LogP contribution in [0.5, 0.6) is 0 Å². The second-order valence-electron chi connectivity index (χ2n) is 5.22. The van der Waals surface area contributed by atoms with Gasteiger partial charge in [0.2, 0.25) is 10.0 Å². The van der Waals surface area contributed by atoms with Crippen LogP contribution in [0.4, 0.5) is 11.4 Å². The molecule has 21 heavy (non-hydrogen) atoms. The highest BCUT2D eigenvalue weighted by atomic mass is 32.2. The van der Waals surface area contributed by atoms with Crippen LogP contribution in [0.1, 0.15) is 26.2 Å². The molecule has 1 saturated carbocycles. The van der Waals surface area contributed by atoms with Gasteiger partial charge < -0.3 is 5.43 Å². The summed E-state index contributed by atoms with van der Waals surface area (Å²) >= 11 is 0. The molecule has 1 aliphatic rings. The third kappa shape index (κ3) is 3.31. The zero-order valence-corrected chi connectivity index (χ0v) is 12.4. The van der Waals surface area contributed by atoms with Crippen LogP contribution < -0.4 is 16.0 Å². The van der Waals surface area contributed by atoms with Crippen LogP contribution >= 0.6 is 0 Å². The standard InChI is InChI=1S/C12H18N4O4S/c1-8-3-2-4-10(8)15-21(19,20)9-5-6-11(14-13)12(7-9)16(17)18/h5-8,10,14-15H,2-4,13H2,1H3. The predicted molar refractivity (Wildman–Crippen MR) is 78.0 cm³/mol. The zero-order chi connectivity index (χ0) is 15.6. The first-order chi connectivity index (χ1) is 9.85. The van der Waals surface area contributed by atoms with Crippen LogP contribution in [0, 0.1) is 16.0 Å². The fourth-order valence-corrected chi connectivity index (χ4v) is 3.94. The first-order valence-corrected chi connectivity index (χ1v) is 8.11. The molecule has 0 aliphatic heterocycles. The molecule has 2 atom stereocenters. The highest BCUT2D eigenvalue weighted by Gasteiger charge is 2.29. The first-order valence-electron chi connectivity index (χ1n) is 6.62. The second-order valence-corrected chi connectivity index (χ2v) is 6.93. The third-order valence-electron chi connectivity index (χ3n) is 3.80.